The highest BCUT2D eigenvalue weighted by molar-refractivity contribution is 5.40. The number of hydrogen-bond acceptors (Lipinski definition) is 2. The predicted octanol–water partition coefficient (Wildman–Crippen LogP) is 3.56. The molecule has 0 heterocycles. The molecule has 2 N–H and O–H groups in total. The molecule has 0 aliphatic heterocycles. The van der Waals surface area contributed by atoms with Gasteiger partial charge < -0.3 is 10.2 Å². The maximum atomic E-state index is 14.1. The van der Waals surface area contributed by atoms with Crippen LogP contribution in [0.25, 0.3) is 0 Å². The van der Waals surface area contributed by atoms with Crippen LogP contribution in [0.5, 0.6) is 5.75 Å². The third kappa shape index (κ3) is 1.79. The van der Waals surface area contributed by atoms with E-state index >= 15 is 0 Å². The van der Waals surface area contributed by atoms with E-state index in [1.165, 1.54) is 11.1 Å². The van der Waals surface area contributed by atoms with Crippen molar-refractivity contribution in [3.8, 4) is 5.75 Å². The van der Waals surface area contributed by atoms with Crippen LogP contribution in [0.4, 0.5) is 4.39 Å². The number of aliphatic hydroxyl groups is 1. The van der Waals surface area contributed by atoms with Crippen LogP contribution in [0.3, 0.4) is 0 Å². The molecule has 3 aliphatic carbocycles. The maximum Gasteiger partial charge on any atom is 0.127 e. The lowest BCUT2D eigenvalue weighted by Crippen LogP contribution is -2.44. The minimum atomic E-state index is -1.06. The Morgan fingerprint density at radius 3 is 2.90 bits per heavy atom. The molecule has 1 aromatic rings. The van der Waals surface area contributed by atoms with E-state index in [-0.39, 0.29) is 5.41 Å². The second-order valence-electron chi connectivity index (χ2n) is 7.54. The molecule has 0 aromatic heterocycles. The standard InChI is InChI=1S/C18H23FO2/c1-18-7-6-13-12-5-3-11(20)8-10(12)2-4-14(13)15(18)9-16(19)17(18)21/h3,5,8,13-17,20-21H,2,4,6-7,9H2,1H3/t13-,14-,15+,16-,17-,18+/m1/s1. The molecule has 0 spiro atoms. The SMILES string of the molecule is C[C@]12CC[C@@H]3c4ccc(O)cc4CC[C@H]3[C@@H]1C[C@@H](F)[C@H]2O. The van der Waals surface area contributed by atoms with Crippen molar-refractivity contribution in [1.29, 1.82) is 0 Å². The summed E-state index contributed by atoms with van der Waals surface area (Å²) < 4.78 is 14.1. The van der Waals surface area contributed by atoms with Crippen molar-refractivity contribution in [2.24, 2.45) is 17.3 Å². The third-order valence-electron chi connectivity index (χ3n) is 6.65. The Morgan fingerprint density at radius 2 is 2.10 bits per heavy atom. The Morgan fingerprint density at radius 1 is 1.29 bits per heavy atom. The highest BCUT2D eigenvalue weighted by Crippen LogP contribution is 2.61. The van der Waals surface area contributed by atoms with Crippen LogP contribution in [-0.4, -0.2) is 22.5 Å². The number of halogens is 1. The second kappa shape index (κ2) is 4.45. The Balaban J connectivity index is 1.71. The molecule has 4 rings (SSSR count). The third-order valence-corrected chi connectivity index (χ3v) is 6.65. The zero-order chi connectivity index (χ0) is 14.8. The largest absolute Gasteiger partial charge is 0.508 e. The molecule has 0 bridgehead atoms. The highest BCUT2D eigenvalue weighted by Gasteiger charge is 2.58. The van der Waals surface area contributed by atoms with Gasteiger partial charge in [-0.2, -0.15) is 0 Å². The van der Waals surface area contributed by atoms with E-state index in [1.54, 1.807) is 6.07 Å². The summed E-state index contributed by atoms with van der Waals surface area (Å²) in [5.41, 5.74) is 2.37. The van der Waals surface area contributed by atoms with E-state index in [2.05, 4.69) is 13.0 Å². The van der Waals surface area contributed by atoms with Crippen molar-refractivity contribution in [3.05, 3.63) is 29.3 Å². The predicted molar refractivity (Wildman–Crippen MR) is 79.0 cm³/mol. The average molecular weight is 290 g/mol. The van der Waals surface area contributed by atoms with Gasteiger partial charge in [0.15, 0.2) is 0 Å². The van der Waals surface area contributed by atoms with Crippen molar-refractivity contribution in [1.82, 2.24) is 0 Å². The molecule has 2 nitrogen and oxygen atoms in total. The Hall–Kier alpha value is -1.09. The van der Waals surface area contributed by atoms with Crippen molar-refractivity contribution in [2.75, 3.05) is 0 Å². The monoisotopic (exact) mass is 290 g/mol. The summed E-state index contributed by atoms with van der Waals surface area (Å²) in [7, 11) is 0. The molecule has 0 radical (unpaired) electrons. The van der Waals surface area contributed by atoms with Gasteiger partial charge in [0, 0.05) is 0 Å². The molecule has 0 saturated heterocycles. The smallest absolute Gasteiger partial charge is 0.127 e. The molecular formula is C18H23FO2. The van der Waals surface area contributed by atoms with E-state index < -0.39 is 12.3 Å². The van der Waals surface area contributed by atoms with E-state index in [4.69, 9.17) is 0 Å². The molecule has 2 saturated carbocycles. The summed E-state index contributed by atoms with van der Waals surface area (Å²) in [6.45, 7) is 2.09. The summed E-state index contributed by atoms with van der Waals surface area (Å²) in [6, 6.07) is 5.72. The lowest BCUT2D eigenvalue weighted by molar-refractivity contribution is -0.0365. The molecule has 6 atom stereocenters. The topological polar surface area (TPSA) is 40.5 Å². The molecule has 3 aliphatic rings. The van der Waals surface area contributed by atoms with Crippen molar-refractivity contribution >= 4 is 0 Å². The maximum absolute atomic E-state index is 14.1. The van der Waals surface area contributed by atoms with Gasteiger partial charge in [-0.1, -0.05) is 13.0 Å². The number of hydrogen-bond donors (Lipinski definition) is 2. The molecule has 3 heteroatoms. The minimum absolute atomic E-state index is 0.241. The van der Waals surface area contributed by atoms with Crippen LogP contribution in [-0.2, 0) is 6.42 Å². The summed E-state index contributed by atoms with van der Waals surface area (Å²) in [6.07, 6.45) is 2.63. The Kier molecular flexibility index (Phi) is 2.88. The van der Waals surface area contributed by atoms with Crippen LogP contribution in [0, 0.1) is 17.3 Å². The van der Waals surface area contributed by atoms with Crippen molar-refractivity contribution < 1.29 is 14.6 Å². The number of aliphatic hydroxyl groups excluding tert-OH is 1. The van der Waals surface area contributed by atoms with Gasteiger partial charge in [0.2, 0.25) is 0 Å². The van der Waals surface area contributed by atoms with Gasteiger partial charge in [-0.3, -0.25) is 0 Å². The van der Waals surface area contributed by atoms with Gasteiger partial charge >= 0.3 is 0 Å². The number of alkyl halides is 1. The number of rotatable bonds is 0. The molecule has 21 heavy (non-hydrogen) atoms. The van der Waals surface area contributed by atoms with Crippen LogP contribution < -0.4 is 0 Å². The fraction of sp³-hybridized carbons (Fsp3) is 0.667. The van der Waals surface area contributed by atoms with Gasteiger partial charge in [0.25, 0.3) is 0 Å². The van der Waals surface area contributed by atoms with Gasteiger partial charge in [0.1, 0.15) is 11.9 Å². The number of fused-ring (bicyclic) bond motifs is 5. The van der Waals surface area contributed by atoms with Crippen LogP contribution in [0.1, 0.15) is 49.7 Å². The molecule has 114 valence electrons. The molecule has 2 fully saturated rings. The fourth-order valence-electron chi connectivity index (χ4n) is 5.51. The lowest BCUT2D eigenvalue weighted by Gasteiger charge is -2.49. The molecule has 0 amide bonds. The molecular weight excluding hydrogens is 267 g/mol. The first-order valence-electron chi connectivity index (χ1n) is 8.14. The van der Waals surface area contributed by atoms with Crippen LogP contribution in [0.2, 0.25) is 0 Å². The Labute approximate surface area is 125 Å². The first-order chi connectivity index (χ1) is 10.0. The van der Waals surface area contributed by atoms with Crippen LogP contribution in [0.15, 0.2) is 18.2 Å². The zero-order valence-corrected chi connectivity index (χ0v) is 12.4. The van der Waals surface area contributed by atoms with Crippen molar-refractivity contribution in [2.45, 2.75) is 57.2 Å². The summed E-state index contributed by atoms with van der Waals surface area (Å²) >= 11 is 0. The number of aromatic hydroxyl groups is 1. The summed E-state index contributed by atoms with van der Waals surface area (Å²) in [5, 5.41) is 19.9. The first kappa shape index (κ1) is 13.6. The zero-order valence-electron chi connectivity index (χ0n) is 12.4. The van der Waals surface area contributed by atoms with E-state index in [0.717, 1.165) is 25.7 Å². The van der Waals surface area contributed by atoms with Gasteiger partial charge in [-0.05, 0) is 78.5 Å². The van der Waals surface area contributed by atoms with Crippen molar-refractivity contribution in [3.63, 3.8) is 0 Å². The minimum Gasteiger partial charge on any atom is -0.508 e. The fourth-order valence-corrected chi connectivity index (χ4v) is 5.51. The molecule has 1 aromatic carbocycles. The first-order valence-corrected chi connectivity index (χ1v) is 8.14. The lowest BCUT2D eigenvalue weighted by atomic mass is 9.55. The summed E-state index contributed by atoms with van der Waals surface area (Å²) in [4.78, 5) is 0. The molecule has 0 unspecified atom stereocenters. The van der Waals surface area contributed by atoms with E-state index in [1.807, 2.05) is 6.07 Å². The number of benzene rings is 1. The van der Waals surface area contributed by atoms with Crippen LogP contribution >= 0.6 is 0 Å². The Bertz CT molecular complexity index is 572. The number of phenolic OH excluding ortho intramolecular Hbond substituents is 1. The van der Waals surface area contributed by atoms with E-state index in [9.17, 15) is 14.6 Å². The highest BCUT2D eigenvalue weighted by atomic mass is 19.1. The average Bonchev–Trinajstić information content (AvgIpc) is 2.70. The van der Waals surface area contributed by atoms with Gasteiger partial charge in [-0.15, -0.1) is 0 Å². The number of phenols is 1. The summed E-state index contributed by atoms with van der Waals surface area (Å²) in [5.74, 6) is 1.59. The van der Waals surface area contributed by atoms with Gasteiger partial charge in [0.05, 0.1) is 6.10 Å². The van der Waals surface area contributed by atoms with E-state index in [0.29, 0.717) is 29.9 Å². The number of aryl methyl sites for hydroxylation is 1. The quantitative estimate of drug-likeness (QED) is 0.767. The second-order valence-corrected chi connectivity index (χ2v) is 7.54. The van der Waals surface area contributed by atoms with Gasteiger partial charge in [-0.25, -0.2) is 4.39 Å². The normalized spacial score (nSPS) is 44.8.